The van der Waals surface area contributed by atoms with E-state index < -0.39 is 29.4 Å². The number of esters is 1. The van der Waals surface area contributed by atoms with Gasteiger partial charge in [0.25, 0.3) is 0 Å². The summed E-state index contributed by atoms with van der Waals surface area (Å²) in [5, 5.41) is 0. The first-order chi connectivity index (χ1) is 7.47. The molecule has 0 amide bonds. The van der Waals surface area contributed by atoms with Gasteiger partial charge in [0, 0.05) is 5.56 Å². The van der Waals surface area contributed by atoms with Gasteiger partial charge in [-0.3, -0.25) is 4.79 Å². The Morgan fingerprint density at radius 2 is 1.94 bits per heavy atom. The van der Waals surface area contributed by atoms with Crippen molar-refractivity contribution in [3.63, 3.8) is 0 Å². The predicted molar refractivity (Wildman–Crippen MR) is 50.7 cm³/mol. The third-order valence-electron chi connectivity index (χ3n) is 1.94. The van der Waals surface area contributed by atoms with Gasteiger partial charge >= 0.3 is 5.97 Å². The number of hydrogen-bond acceptors (Lipinski definition) is 4. The molecular formula is C10H9F2NO3. The van der Waals surface area contributed by atoms with Gasteiger partial charge in [-0.1, -0.05) is 0 Å². The molecule has 1 atom stereocenters. The summed E-state index contributed by atoms with van der Waals surface area (Å²) in [6.45, 7) is 0. The summed E-state index contributed by atoms with van der Waals surface area (Å²) in [5.41, 5.74) is 5.07. The first-order valence-corrected chi connectivity index (χ1v) is 4.30. The van der Waals surface area contributed by atoms with Crippen LogP contribution in [0.15, 0.2) is 18.2 Å². The number of nitrogens with two attached hydrogens (primary N) is 1. The van der Waals surface area contributed by atoms with E-state index in [0.29, 0.717) is 6.07 Å². The molecule has 0 spiro atoms. The minimum atomic E-state index is -1.53. The number of ether oxygens (including phenoxy) is 1. The van der Waals surface area contributed by atoms with Crippen molar-refractivity contribution >= 4 is 11.8 Å². The Balaban J connectivity index is 2.97. The zero-order valence-corrected chi connectivity index (χ0v) is 8.37. The summed E-state index contributed by atoms with van der Waals surface area (Å²) in [7, 11) is 1.07. The van der Waals surface area contributed by atoms with E-state index in [1.165, 1.54) is 0 Å². The molecule has 1 unspecified atom stereocenters. The highest BCUT2D eigenvalue weighted by Crippen LogP contribution is 2.10. The minimum absolute atomic E-state index is 0.184. The molecular weight excluding hydrogens is 220 g/mol. The van der Waals surface area contributed by atoms with Gasteiger partial charge in [0.05, 0.1) is 7.11 Å². The lowest BCUT2D eigenvalue weighted by atomic mass is 10.0. The lowest BCUT2D eigenvalue weighted by molar-refractivity contribution is -0.140. The number of hydrogen-bond donors (Lipinski definition) is 1. The van der Waals surface area contributed by atoms with Crippen molar-refractivity contribution in [2.75, 3.05) is 7.11 Å². The summed E-state index contributed by atoms with van der Waals surface area (Å²) in [5.74, 6) is -4.02. The zero-order valence-electron chi connectivity index (χ0n) is 8.37. The van der Waals surface area contributed by atoms with Crippen LogP contribution in [0.25, 0.3) is 0 Å². The lowest BCUT2D eigenvalue weighted by Gasteiger charge is -2.08. The highest BCUT2D eigenvalue weighted by Gasteiger charge is 2.24. The van der Waals surface area contributed by atoms with Gasteiger partial charge in [-0.05, 0) is 18.2 Å². The third-order valence-corrected chi connectivity index (χ3v) is 1.94. The fourth-order valence-corrected chi connectivity index (χ4v) is 1.06. The molecule has 1 aromatic carbocycles. The van der Waals surface area contributed by atoms with Gasteiger partial charge in [0.1, 0.15) is 0 Å². The smallest absolute Gasteiger partial charge is 0.330 e. The Morgan fingerprint density at radius 3 is 2.44 bits per heavy atom. The largest absolute Gasteiger partial charge is 0.468 e. The van der Waals surface area contributed by atoms with E-state index in [1.807, 2.05) is 0 Å². The van der Waals surface area contributed by atoms with E-state index in [-0.39, 0.29) is 5.56 Å². The highest BCUT2D eigenvalue weighted by molar-refractivity contribution is 6.11. The van der Waals surface area contributed by atoms with Crippen LogP contribution >= 0.6 is 0 Å². The molecule has 0 saturated heterocycles. The number of benzene rings is 1. The maximum atomic E-state index is 12.8. The topological polar surface area (TPSA) is 69.4 Å². The van der Waals surface area contributed by atoms with Crippen molar-refractivity contribution in [1.29, 1.82) is 0 Å². The molecule has 1 rings (SSSR count). The van der Waals surface area contributed by atoms with E-state index in [4.69, 9.17) is 5.73 Å². The normalized spacial score (nSPS) is 12.0. The molecule has 16 heavy (non-hydrogen) atoms. The minimum Gasteiger partial charge on any atom is -0.468 e. The monoisotopic (exact) mass is 229 g/mol. The maximum Gasteiger partial charge on any atom is 0.330 e. The van der Waals surface area contributed by atoms with Crippen molar-refractivity contribution in [1.82, 2.24) is 0 Å². The van der Waals surface area contributed by atoms with Gasteiger partial charge < -0.3 is 10.5 Å². The molecule has 6 heteroatoms. The first-order valence-electron chi connectivity index (χ1n) is 4.30. The van der Waals surface area contributed by atoms with Crippen LogP contribution in [-0.2, 0) is 9.53 Å². The van der Waals surface area contributed by atoms with Gasteiger partial charge in [-0.15, -0.1) is 0 Å². The van der Waals surface area contributed by atoms with Gasteiger partial charge in [0.15, 0.2) is 23.5 Å². The van der Waals surface area contributed by atoms with Crippen LogP contribution in [0.4, 0.5) is 8.78 Å². The van der Waals surface area contributed by atoms with Crippen molar-refractivity contribution in [2.45, 2.75) is 6.04 Å². The Morgan fingerprint density at radius 1 is 1.31 bits per heavy atom. The molecule has 4 nitrogen and oxygen atoms in total. The zero-order chi connectivity index (χ0) is 12.3. The molecule has 0 fully saturated rings. The van der Waals surface area contributed by atoms with Crippen LogP contribution in [0.1, 0.15) is 10.4 Å². The van der Waals surface area contributed by atoms with E-state index in [0.717, 1.165) is 19.2 Å². The van der Waals surface area contributed by atoms with Crippen molar-refractivity contribution < 1.29 is 23.1 Å². The van der Waals surface area contributed by atoms with Crippen LogP contribution in [0.2, 0.25) is 0 Å². The Labute approximate surface area is 90.0 Å². The lowest BCUT2D eigenvalue weighted by Crippen LogP contribution is -2.39. The van der Waals surface area contributed by atoms with E-state index in [2.05, 4.69) is 4.74 Å². The molecule has 0 aromatic heterocycles. The summed E-state index contributed by atoms with van der Waals surface area (Å²) in [6, 6.07) is 0.978. The second kappa shape index (κ2) is 4.80. The highest BCUT2D eigenvalue weighted by atomic mass is 19.2. The quantitative estimate of drug-likeness (QED) is 0.469. The number of carbonyl (C=O) groups is 2. The molecule has 0 radical (unpaired) electrons. The molecule has 0 heterocycles. The maximum absolute atomic E-state index is 12.8. The Hall–Kier alpha value is -1.82. The molecule has 0 bridgehead atoms. The van der Waals surface area contributed by atoms with Crippen LogP contribution < -0.4 is 5.73 Å². The number of methoxy groups -OCH3 is 1. The van der Waals surface area contributed by atoms with Crippen molar-refractivity contribution in [3.05, 3.63) is 35.4 Å². The summed E-state index contributed by atoms with van der Waals surface area (Å²) >= 11 is 0. The summed E-state index contributed by atoms with van der Waals surface area (Å²) < 4.78 is 29.6. The third kappa shape index (κ3) is 2.40. The number of Topliss-reactive ketones (excluding diaryl/α,β-unsaturated/α-hetero) is 1. The average molecular weight is 229 g/mol. The standard InChI is InChI=1S/C10H9F2NO3/c1-16-10(15)8(13)9(14)5-2-3-6(11)7(12)4-5/h2-4,8H,13H2,1H3. The molecule has 2 N–H and O–H groups in total. The number of halogens is 2. The van der Waals surface area contributed by atoms with E-state index in [9.17, 15) is 18.4 Å². The molecule has 0 aliphatic rings. The van der Waals surface area contributed by atoms with Crippen LogP contribution in [-0.4, -0.2) is 24.9 Å². The Bertz CT molecular complexity index is 434. The molecule has 86 valence electrons. The van der Waals surface area contributed by atoms with Crippen LogP contribution in [0.5, 0.6) is 0 Å². The molecule has 0 aliphatic carbocycles. The summed E-state index contributed by atoms with van der Waals surface area (Å²) in [4.78, 5) is 22.4. The first kappa shape index (κ1) is 12.3. The van der Waals surface area contributed by atoms with Crippen LogP contribution in [0, 0.1) is 11.6 Å². The van der Waals surface area contributed by atoms with Crippen LogP contribution in [0.3, 0.4) is 0 Å². The van der Waals surface area contributed by atoms with Gasteiger partial charge in [-0.2, -0.15) is 0 Å². The predicted octanol–water partition coefficient (Wildman–Crippen LogP) is 0.648. The van der Waals surface area contributed by atoms with Crippen molar-refractivity contribution in [2.24, 2.45) is 5.73 Å². The molecule has 0 aliphatic heterocycles. The second-order valence-electron chi connectivity index (χ2n) is 2.99. The van der Waals surface area contributed by atoms with Crippen molar-refractivity contribution in [3.8, 4) is 0 Å². The number of ketones is 1. The van der Waals surface area contributed by atoms with E-state index in [1.54, 1.807) is 0 Å². The molecule has 1 aromatic rings. The summed E-state index contributed by atoms with van der Waals surface area (Å²) in [6.07, 6.45) is 0. The van der Waals surface area contributed by atoms with Gasteiger partial charge in [0.2, 0.25) is 0 Å². The fourth-order valence-electron chi connectivity index (χ4n) is 1.06. The number of carbonyl (C=O) groups excluding carboxylic acids is 2. The van der Waals surface area contributed by atoms with Gasteiger partial charge in [-0.25, -0.2) is 13.6 Å². The Kier molecular flexibility index (Phi) is 3.68. The fraction of sp³-hybridized carbons (Fsp3) is 0.200. The molecule has 0 saturated carbocycles. The second-order valence-corrected chi connectivity index (χ2v) is 2.99. The SMILES string of the molecule is COC(=O)C(N)C(=O)c1ccc(F)c(F)c1. The number of rotatable bonds is 3. The average Bonchev–Trinajstić information content (AvgIpc) is 2.29. The van der Waals surface area contributed by atoms with E-state index >= 15 is 0 Å².